The van der Waals surface area contributed by atoms with Gasteiger partial charge in [-0.2, -0.15) is 0 Å². The Kier molecular flexibility index (Phi) is 3.80. The molecule has 0 spiro atoms. The molecule has 1 aliphatic rings. The van der Waals surface area contributed by atoms with Crippen molar-refractivity contribution in [3.63, 3.8) is 0 Å². The molecule has 1 saturated carbocycles. The van der Waals surface area contributed by atoms with E-state index in [0.717, 1.165) is 6.42 Å². The predicted molar refractivity (Wildman–Crippen MR) is 72.3 cm³/mol. The number of carbonyl (C=O) groups excluding carboxylic acids is 1. The smallest absolute Gasteiger partial charge is 0.311 e. The Morgan fingerprint density at radius 1 is 1.42 bits per heavy atom. The Bertz CT molecular complexity index is 517. The minimum Gasteiger partial charge on any atom is -0.481 e. The third-order valence-electron chi connectivity index (χ3n) is 3.87. The summed E-state index contributed by atoms with van der Waals surface area (Å²) in [4.78, 5) is 23.5. The van der Waals surface area contributed by atoms with Gasteiger partial charge in [-0.15, -0.1) is 0 Å². The van der Waals surface area contributed by atoms with Crippen LogP contribution in [-0.4, -0.2) is 23.0 Å². The fourth-order valence-electron chi connectivity index (χ4n) is 2.53. The van der Waals surface area contributed by atoms with E-state index in [-0.39, 0.29) is 11.9 Å². The van der Waals surface area contributed by atoms with Crippen molar-refractivity contribution in [2.24, 2.45) is 5.41 Å². The zero-order chi connectivity index (χ0) is 14.0. The summed E-state index contributed by atoms with van der Waals surface area (Å²) in [7, 11) is 0. The molecular weight excluding hydrogens is 266 g/mol. The number of carboxylic acid groups (broad SMARTS) is 1. The quantitative estimate of drug-likeness (QED) is 0.895. The van der Waals surface area contributed by atoms with Crippen LogP contribution in [0.15, 0.2) is 24.3 Å². The van der Waals surface area contributed by atoms with E-state index in [2.05, 4.69) is 5.32 Å². The molecule has 2 N–H and O–H groups in total. The second kappa shape index (κ2) is 5.21. The molecule has 0 radical (unpaired) electrons. The van der Waals surface area contributed by atoms with Gasteiger partial charge in [-0.3, -0.25) is 9.59 Å². The van der Waals surface area contributed by atoms with Crippen LogP contribution in [0.5, 0.6) is 0 Å². The molecule has 1 aromatic carbocycles. The van der Waals surface area contributed by atoms with Crippen molar-refractivity contribution in [2.75, 3.05) is 0 Å². The first kappa shape index (κ1) is 13.9. The molecule has 5 heteroatoms. The standard InChI is InChI=1S/C14H16ClNO3/c1-14(13(18)19)8-4-7-11(14)16-12(17)9-5-2-3-6-10(9)15/h2-3,5-6,11H,4,7-8H2,1H3,(H,16,17)(H,18,19). The molecular formula is C14H16ClNO3. The van der Waals surface area contributed by atoms with Crippen molar-refractivity contribution in [1.82, 2.24) is 5.32 Å². The van der Waals surface area contributed by atoms with Crippen LogP contribution in [0.3, 0.4) is 0 Å². The van der Waals surface area contributed by atoms with Crippen molar-refractivity contribution >= 4 is 23.5 Å². The van der Waals surface area contributed by atoms with Crippen LogP contribution in [-0.2, 0) is 4.79 Å². The summed E-state index contributed by atoms with van der Waals surface area (Å²) in [6.45, 7) is 1.68. The maximum absolute atomic E-state index is 12.1. The van der Waals surface area contributed by atoms with Gasteiger partial charge in [0.2, 0.25) is 0 Å². The third-order valence-corrected chi connectivity index (χ3v) is 4.20. The number of carbonyl (C=O) groups is 2. The second-order valence-corrected chi connectivity index (χ2v) is 5.53. The highest BCUT2D eigenvalue weighted by atomic mass is 35.5. The molecule has 1 aromatic rings. The van der Waals surface area contributed by atoms with Crippen molar-refractivity contribution in [3.8, 4) is 0 Å². The molecule has 2 rings (SSSR count). The van der Waals surface area contributed by atoms with Gasteiger partial charge in [0.05, 0.1) is 16.0 Å². The lowest BCUT2D eigenvalue weighted by Crippen LogP contribution is -2.47. The third kappa shape index (κ3) is 2.59. The van der Waals surface area contributed by atoms with Crippen molar-refractivity contribution in [1.29, 1.82) is 0 Å². The van der Waals surface area contributed by atoms with Gasteiger partial charge in [0.25, 0.3) is 5.91 Å². The van der Waals surface area contributed by atoms with E-state index in [1.807, 2.05) is 0 Å². The summed E-state index contributed by atoms with van der Waals surface area (Å²) in [5.74, 6) is -1.18. The van der Waals surface area contributed by atoms with E-state index >= 15 is 0 Å². The molecule has 0 saturated heterocycles. The minimum absolute atomic E-state index is 0.315. The normalized spacial score (nSPS) is 26.1. The van der Waals surface area contributed by atoms with E-state index in [1.54, 1.807) is 31.2 Å². The number of aliphatic carboxylic acids is 1. The first-order chi connectivity index (χ1) is 8.95. The topological polar surface area (TPSA) is 66.4 Å². The highest BCUT2D eigenvalue weighted by Crippen LogP contribution is 2.38. The van der Waals surface area contributed by atoms with E-state index in [4.69, 9.17) is 11.6 Å². The van der Waals surface area contributed by atoms with Gasteiger partial charge >= 0.3 is 5.97 Å². The lowest BCUT2D eigenvalue weighted by molar-refractivity contribution is -0.148. The molecule has 4 nitrogen and oxygen atoms in total. The van der Waals surface area contributed by atoms with Gasteiger partial charge in [0, 0.05) is 6.04 Å². The van der Waals surface area contributed by atoms with Gasteiger partial charge in [-0.1, -0.05) is 30.2 Å². The predicted octanol–water partition coefficient (Wildman–Crippen LogP) is 2.71. The molecule has 0 bridgehead atoms. The summed E-state index contributed by atoms with van der Waals surface area (Å²) in [5.41, 5.74) is -0.513. The van der Waals surface area contributed by atoms with Crippen LogP contribution < -0.4 is 5.32 Å². The van der Waals surface area contributed by atoms with Crippen LogP contribution in [0.25, 0.3) is 0 Å². The number of hydrogen-bond acceptors (Lipinski definition) is 2. The largest absolute Gasteiger partial charge is 0.481 e. The number of hydrogen-bond donors (Lipinski definition) is 2. The molecule has 0 aliphatic heterocycles. The Morgan fingerprint density at radius 2 is 2.11 bits per heavy atom. The van der Waals surface area contributed by atoms with Gasteiger partial charge in [-0.25, -0.2) is 0 Å². The highest BCUT2D eigenvalue weighted by molar-refractivity contribution is 6.33. The monoisotopic (exact) mass is 281 g/mol. The van der Waals surface area contributed by atoms with Crippen LogP contribution in [0.2, 0.25) is 5.02 Å². The molecule has 102 valence electrons. The summed E-state index contributed by atoms with van der Waals surface area (Å²) in [5, 5.41) is 12.5. The van der Waals surface area contributed by atoms with Crippen LogP contribution in [0.4, 0.5) is 0 Å². The van der Waals surface area contributed by atoms with Gasteiger partial charge in [0.15, 0.2) is 0 Å². The number of nitrogens with one attached hydrogen (secondary N) is 1. The van der Waals surface area contributed by atoms with Gasteiger partial charge in [-0.05, 0) is 31.9 Å². The minimum atomic E-state index is -0.892. The van der Waals surface area contributed by atoms with E-state index in [0.29, 0.717) is 23.4 Å². The van der Waals surface area contributed by atoms with Crippen molar-refractivity contribution in [2.45, 2.75) is 32.2 Å². The molecule has 1 aliphatic carbocycles. The zero-order valence-corrected chi connectivity index (χ0v) is 11.4. The lowest BCUT2D eigenvalue weighted by atomic mass is 9.85. The fourth-order valence-corrected chi connectivity index (χ4v) is 2.76. The summed E-state index contributed by atoms with van der Waals surface area (Å²) in [6, 6.07) is 6.39. The first-order valence-electron chi connectivity index (χ1n) is 6.24. The Balaban J connectivity index is 2.16. The fraction of sp³-hybridized carbons (Fsp3) is 0.429. The lowest BCUT2D eigenvalue weighted by Gasteiger charge is -2.27. The van der Waals surface area contributed by atoms with E-state index in [1.165, 1.54) is 0 Å². The van der Waals surface area contributed by atoms with Gasteiger partial charge < -0.3 is 10.4 Å². The number of halogens is 1. The first-order valence-corrected chi connectivity index (χ1v) is 6.62. The van der Waals surface area contributed by atoms with Gasteiger partial charge in [0.1, 0.15) is 0 Å². The zero-order valence-electron chi connectivity index (χ0n) is 10.6. The molecule has 2 unspecified atom stereocenters. The maximum atomic E-state index is 12.1. The molecule has 19 heavy (non-hydrogen) atoms. The second-order valence-electron chi connectivity index (χ2n) is 5.12. The Morgan fingerprint density at radius 3 is 2.74 bits per heavy atom. The Labute approximate surface area is 116 Å². The number of amides is 1. The molecule has 1 amide bonds. The molecule has 0 aromatic heterocycles. The molecule has 0 heterocycles. The molecule has 1 fully saturated rings. The van der Waals surface area contributed by atoms with Crippen LogP contribution >= 0.6 is 11.6 Å². The SMILES string of the molecule is CC1(C(=O)O)CCCC1NC(=O)c1ccccc1Cl. The number of benzene rings is 1. The Hall–Kier alpha value is -1.55. The highest BCUT2D eigenvalue weighted by Gasteiger charge is 2.46. The van der Waals surface area contributed by atoms with Crippen LogP contribution in [0.1, 0.15) is 36.5 Å². The van der Waals surface area contributed by atoms with Crippen molar-refractivity contribution < 1.29 is 14.7 Å². The van der Waals surface area contributed by atoms with E-state index in [9.17, 15) is 14.7 Å². The average Bonchev–Trinajstić information content (AvgIpc) is 2.73. The average molecular weight is 282 g/mol. The number of rotatable bonds is 3. The van der Waals surface area contributed by atoms with Crippen LogP contribution in [0, 0.1) is 5.41 Å². The summed E-state index contributed by atoms with van der Waals surface area (Å²) in [6.07, 6.45) is 2.06. The van der Waals surface area contributed by atoms with E-state index < -0.39 is 11.4 Å². The summed E-state index contributed by atoms with van der Waals surface area (Å²) < 4.78 is 0. The molecule has 2 atom stereocenters. The maximum Gasteiger partial charge on any atom is 0.311 e. The van der Waals surface area contributed by atoms with Crippen molar-refractivity contribution in [3.05, 3.63) is 34.9 Å². The summed E-state index contributed by atoms with van der Waals surface area (Å²) >= 11 is 5.96. The number of carboxylic acids is 1.